The Morgan fingerprint density at radius 3 is 2.68 bits per heavy atom. The van der Waals surface area contributed by atoms with Crippen LogP contribution in [0.2, 0.25) is 0 Å². The molecule has 0 aliphatic heterocycles. The Hall–Kier alpha value is -2.22. The molecular formula is C17H21N3O4S. The van der Waals surface area contributed by atoms with Gasteiger partial charge in [-0.25, -0.2) is 4.79 Å². The van der Waals surface area contributed by atoms with Crippen molar-refractivity contribution in [2.24, 2.45) is 0 Å². The first-order valence-electron chi connectivity index (χ1n) is 8.50. The van der Waals surface area contributed by atoms with E-state index in [9.17, 15) is 14.7 Å². The number of hydrogen-bond acceptors (Lipinski definition) is 6. The molecule has 134 valence electrons. The van der Waals surface area contributed by atoms with Gasteiger partial charge in [0.1, 0.15) is 5.54 Å². The molecule has 0 atom stereocenters. The van der Waals surface area contributed by atoms with Crippen molar-refractivity contribution in [1.82, 2.24) is 15.5 Å². The zero-order valence-corrected chi connectivity index (χ0v) is 14.7. The van der Waals surface area contributed by atoms with Gasteiger partial charge in [0.15, 0.2) is 0 Å². The SMILES string of the molecule is O=C(CCc1nc(-c2cccs2)no1)NC1(C(=O)O)CCCCCC1. The number of carbonyl (C=O) groups is 2. The maximum atomic E-state index is 12.3. The highest BCUT2D eigenvalue weighted by Crippen LogP contribution is 2.28. The van der Waals surface area contributed by atoms with Crippen LogP contribution in [-0.2, 0) is 16.0 Å². The predicted molar refractivity (Wildman–Crippen MR) is 92.1 cm³/mol. The quantitative estimate of drug-likeness (QED) is 0.764. The fourth-order valence-electron chi connectivity index (χ4n) is 3.14. The summed E-state index contributed by atoms with van der Waals surface area (Å²) in [4.78, 5) is 29.2. The van der Waals surface area contributed by atoms with Crippen molar-refractivity contribution in [2.45, 2.75) is 56.9 Å². The normalized spacial score (nSPS) is 17.0. The average molecular weight is 363 g/mol. The van der Waals surface area contributed by atoms with E-state index in [4.69, 9.17) is 4.52 Å². The Morgan fingerprint density at radius 2 is 2.04 bits per heavy atom. The second-order valence-electron chi connectivity index (χ2n) is 6.34. The van der Waals surface area contributed by atoms with Gasteiger partial charge in [-0.1, -0.05) is 36.9 Å². The Kier molecular flexibility index (Phi) is 5.47. The van der Waals surface area contributed by atoms with Crippen LogP contribution in [0.4, 0.5) is 0 Å². The minimum absolute atomic E-state index is 0.126. The predicted octanol–water partition coefficient (Wildman–Crippen LogP) is 3.02. The van der Waals surface area contributed by atoms with E-state index in [1.54, 1.807) is 0 Å². The summed E-state index contributed by atoms with van der Waals surface area (Å²) in [7, 11) is 0. The van der Waals surface area contributed by atoms with Gasteiger partial charge in [0.25, 0.3) is 0 Å². The highest BCUT2D eigenvalue weighted by Gasteiger charge is 2.39. The minimum atomic E-state index is -1.13. The number of carboxylic acid groups (broad SMARTS) is 1. The molecule has 0 aromatic carbocycles. The number of aliphatic carboxylic acids is 1. The van der Waals surface area contributed by atoms with Gasteiger partial charge in [-0.15, -0.1) is 11.3 Å². The minimum Gasteiger partial charge on any atom is -0.480 e. The summed E-state index contributed by atoms with van der Waals surface area (Å²) in [6.07, 6.45) is 5.05. The van der Waals surface area contributed by atoms with E-state index in [2.05, 4.69) is 15.5 Å². The molecule has 0 radical (unpaired) electrons. The maximum absolute atomic E-state index is 12.3. The smallest absolute Gasteiger partial charge is 0.329 e. The van der Waals surface area contributed by atoms with Crippen molar-refractivity contribution in [2.75, 3.05) is 0 Å². The van der Waals surface area contributed by atoms with Crippen LogP contribution in [0.15, 0.2) is 22.0 Å². The van der Waals surface area contributed by atoms with Crippen LogP contribution in [0.25, 0.3) is 10.7 Å². The van der Waals surface area contributed by atoms with Gasteiger partial charge in [-0.3, -0.25) is 4.79 Å². The van der Waals surface area contributed by atoms with E-state index < -0.39 is 11.5 Å². The van der Waals surface area contributed by atoms with Crippen LogP contribution < -0.4 is 5.32 Å². The van der Waals surface area contributed by atoms with Crippen LogP contribution in [0.1, 0.15) is 50.8 Å². The Labute approximate surface area is 149 Å². The zero-order chi connectivity index (χ0) is 17.7. The molecule has 1 aliphatic rings. The van der Waals surface area contributed by atoms with Gasteiger partial charge in [0.2, 0.25) is 17.6 Å². The van der Waals surface area contributed by atoms with E-state index in [1.165, 1.54) is 11.3 Å². The fraction of sp³-hybridized carbons (Fsp3) is 0.529. The molecule has 0 saturated heterocycles. The molecule has 2 aromatic heterocycles. The van der Waals surface area contributed by atoms with E-state index in [1.807, 2.05) is 17.5 Å². The molecule has 0 bridgehead atoms. The molecule has 1 aliphatic carbocycles. The van der Waals surface area contributed by atoms with Crippen molar-refractivity contribution in [3.8, 4) is 10.7 Å². The number of aryl methyl sites for hydroxylation is 1. The van der Waals surface area contributed by atoms with E-state index in [0.717, 1.165) is 30.6 Å². The monoisotopic (exact) mass is 363 g/mol. The van der Waals surface area contributed by atoms with E-state index in [0.29, 0.717) is 31.0 Å². The highest BCUT2D eigenvalue weighted by atomic mass is 32.1. The molecule has 2 aromatic rings. The lowest BCUT2D eigenvalue weighted by atomic mass is 9.90. The molecule has 1 amide bonds. The number of nitrogens with one attached hydrogen (secondary N) is 1. The number of rotatable bonds is 6. The summed E-state index contributed by atoms with van der Waals surface area (Å²) in [6, 6.07) is 3.80. The lowest BCUT2D eigenvalue weighted by molar-refractivity contribution is -0.148. The van der Waals surface area contributed by atoms with Crippen LogP contribution in [0, 0.1) is 0 Å². The molecule has 1 saturated carbocycles. The van der Waals surface area contributed by atoms with Crippen molar-refractivity contribution >= 4 is 23.2 Å². The van der Waals surface area contributed by atoms with Crippen LogP contribution in [0.3, 0.4) is 0 Å². The van der Waals surface area contributed by atoms with Crippen molar-refractivity contribution in [3.05, 3.63) is 23.4 Å². The first-order valence-corrected chi connectivity index (χ1v) is 9.38. The number of carboxylic acids is 1. The number of amides is 1. The second-order valence-corrected chi connectivity index (χ2v) is 7.29. The number of aromatic nitrogens is 2. The summed E-state index contributed by atoms with van der Waals surface area (Å²) in [5.41, 5.74) is -1.13. The molecule has 8 heteroatoms. The third-order valence-electron chi connectivity index (χ3n) is 4.52. The van der Waals surface area contributed by atoms with Crippen molar-refractivity contribution < 1.29 is 19.2 Å². The van der Waals surface area contributed by atoms with E-state index in [-0.39, 0.29) is 12.3 Å². The molecule has 3 rings (SSSR count). The topological polar surface area (TPSA) is 105 Å². The standard InChI is InChI=1S/C17H21N3O4S/c21-13(19-17(16(22)23)9-3-1-2-4-10-17)7-8-14-18-15(20-24-14)12-6-5-11-25-12/h5-6,11H,1-4,7-10H2,(H,19,21)(H,22,23). The largest absolute Gasteiger partial charge is 0.480 e. The van der Waals surface area contributed by atoms with Gasteiger partial charge in [0.05, 0.1) is 4.88 Å². The summed E-state index contributed by atoms with van der Waals surface area (Å²) >= 11 is 1.51. The summed E-state index contributed by atoms with van der Waals surface area (Å²) in [6.45, 7) is 0. The van der Waals surface area contributed by atoms with Gasteiger partial charge < -0.3 is 14.9 Å². The second kappa shape index (κ2) is 7.77. The van der Waals surface area contributed by atoms with Gasteiger partial charge in [-0.05, 0) is 24.3 Å². The molecule has 7 nitrogen and oxygen atoms in total. The number of thiophene rings is 1. The molecule has 2 heterocycles. The Bertz CT molecular complexity index is 718. The lowest BCUT2D eigenvalue weighted by Gasteiger charge is -2.29. The third-order valence-corrected chi connectivity index (χ3v) is 5.39. The number of nitrogens with zero attached hydrogens (tertiary/aromatic N) is 2. The van der Waals surface area contributed by atoms with Crippen LogP contribution in [-0.4, -0.2) is 32.7 Å². The molecule has 0 unspecified atom stereocenters. The summed E-state index contributed by atoms with van der Waals surface area (Å²) in [5.74, 6) is -0.347. The van der Waals surface area contributed by atoms with Gasteiger partial charge >= 0.3 is 5.97 Å². The van der Waals surface area contributed by atoms with Gasteiger partial charge in [0, 0.05) is 12.8 Å². The Balaban J connectivity index is 1.57. The molecule has 2 N–H and O–H groups in total. The summed E-state index contributed by atoms with van der Waals surface area (Å²) in [5, 5.41) is 18.2. The first kappa shape index (κ1) is 17.6. The Morgan fingerprint density at radius 1 is 1.28 bits per heavy atom. The molecule has 1 fully saturated rings. The molecule has 25 heavy (non-hydrogen) atoms. The fourth-order valence-corrected chi connectivity index (χ4v) is 3.79. The average Bonchev–Trinajstić information content (AvgIpc) is 3.22. The zero-order valence-electron chi connectivity index (χ0n) is 13.9. The third kappa shape index (κ3) is 4.25. The van der Waals surface area contributed by atoms with Gasteiger partial charge in [-0.2, -0.15) is 4.98 Å². The highest BCUT2D eigenvalue weighted by molar-refractivity contribution is 7.13. The number of carbonyl (C=O) groups excluding carboxylic acids is 1. The molecular weight excluding hydrogens is 342 g/mol. The van der Waals surface area contributed by atoms with Crippen molar-refractivity contribution in [1.29, 1.82) is 0 Å². The van der Waals surface area contributed by atoms with E-state index >= 15 is 0 Å². The lowest BCUT2D eigenvalue weighted by Crippen LogP contribution is -2.54. The first-order chi connectivity index (χ1) is 12.1. The van der Waals surface area contributed by atoms with Crippen LogP contribution in [0.5, 0.6) is 0 Å². The summed E-state index contributed by atoms with van der Waals surface area (Å²) < 4.78 is 5.17. The molecule has 0 spiro atoms. The van der Waals surface area contributed by atoms with Crippen LogP contribution >= 0.6 is 11.3 Å². The maximum Gasteiger partial charge on any atom is 0.329 e. The number of hydrogen-bond donors (Lipinski definition) is 2. The van der Waals surface area contributed by atoms with Crippen molar-refractivity contribution in [3.63, 3.8) is 0 Å².